The lowest BCUT2D eigenvalue weighted by Crippen LogP contribution is -2.38. The number of alkyl halides is 3. The van der Waals surface area contributed by atoms with Crippen molar-refractivity contribution in [2.75, 3.05) is 6.61 Å². The predicted octanol–water partition coefficient (Wildman–Crippen LogP) is 11.6. The maximum Gasteiger partial charge on any atom is 0.490 e. The maximum atomic E-state index is 10.6. The zero-order chi connectivity index (χ0) is 38.4. The molecular weight excluding hydrogens is 647 g/mol. The first-order chi connectivity index (χ1) is 23.8. The second-order valence-electron chi connectivity index (χ2n) is 15.1. The highest BCUT2D eigenvalue weighted by Gasteiger charge is 2.38. The van der Waals surface area contributed by atoms with E-state index in [9.17, 15) is 18.3 Å². The molecular formula is C44H59F3NO3+. The summed E-state index contributed by atoms with van der Waals surface area (Å²) in [4.78, 5) is 8.90. The van der Waals surface area contributed by atoms with Gasteiger partial charge in [-0.2, -0.15) is 17.7 Å². The van der Waals surface area contributed by atoms with Crippen molar-refractivity contribution in [3.05, 3.63) is 123 Å². The van der Waals surface area contributed by atoms with Gasteiger partial charge in [0.2, 0.25) is 5.69 Å². The molecule has 0 saturated heterocycles. The Morgan fingerprint density at radius 3 is 1.76 bits per heavy atom. The van der Waals surface area contributed by atoms with Crippen molar-refractivity contribution in [1.29, 1.82) is 0 Å². The minimum absolute atomic E-state index is 0.109. The van der Waals surface area contributed by atoms with Crippen molar-refractivity contribution >= 4 is 18.1 Å². The van der Waals surface area contributed by atoms with E-state index in [0.717, 1.165) is 16.8 Å². The molecule has 0 amide bonds. The summed E-state index contributed by atoms with van der Waals surface area (Å²) in [5, 5.41) is 16.8. The fourth-order valence-corrected chi connectivity index (χ4v) is 6.61. The van der Waals surface area contributed by atoms with Gasteiger partial charge in [0.05, 0.1) is 0 Å². The lowest BCUT2D eigenvalue weighted by molar-refractivity contribution is -0.699. The Morgan fingerprint density at radius 1 is 0.824 bits per heavy atom. The van der Waals surface area contributed by atoms with Gasteiger partial charge in [0.15, 0.2) is 12.7 Å². The Labute approximate surface area is 304 Å². The Kier molecular flexibility index (Phi) is 16.6. The van der Waals surface area contributed by atoms with Crippen LogP contribution >= 0.6 is 0 Å². The van der Waals surface area contributed by atoms with Crippen LogP contribution in [0.4, 0.5) is 13.2 Å². The first kappa shape index (κ1) is 43.2. The van der Waals surface area contributed by atoms with Gasteiger partial charge in [0.1, 0.15) is 6.61 Å². The molecule has 1 heterocycles. The number of halogens is 3. The van der Waals surface area contributed by atoms with Crippen LogP contribution in [0.3, 0.4) is 0 Å². The van der Waals surface area contributed by atoms with Crippen LogP contribution in [0.2, 0.25) is 0 Å². The summed E-state index contributed by atoms with van der Waals surface area (Å²) in [6.45, 7) is 21.2. The van der Waals surface area contributed by atoms with Gasteiger partial charge in [-0.05, 0) is 106 Å². The topological polar surface area (TPSA) is 61.4 Å². The number of rotatable bonds is 11. The van der Waals surface area contributed by atoms with Crippen molar-refractivity contribution < 1.29 is 32.7 Å². The number of carboxylic acids is 1. The normalized spacial score (nSPS) is 19.1. The lowest BCUT2D eigenvalue weighted by atomic mass is 9.72. The van der Waals surface area contributed by atoms with Crippen LogP contribution in [0.5, 0.6) is 0 Å². The molecule has 1 aromatic heterocycles. The number of hydrogen-bond acceptors (Lipinski definition) is 2. The molecule has 0 bridgehead atoms. The number of nitrogens with zero attached hydrogens (tertiary/aromatic N) is 1. The Balaban J connectivity index is 0.00000116. The molecule has 2 aliphatic rings. The molecule has 0 fully saturated rings. The highest BCUT2D eigenvalue weighted by atomic mass is 19.4. The second-order valence-corrected chi connectivity index (χ2v) is 15.1. The predicted molar refractivity (Wildman–Crippen MR) is 206 cm³/mol. The molecule has 0 aromatic carbocycles. The molecule has 0 unspecified atom stereocenters. The molecule has 51 heavy (non-hydrogen) atoms. The van der Waals surface area contributed by atoms with E-state index in [1.807, 2.05) is 0 Å². The average Bonchev–Trinajstić information content (AvgIpc) is 3.01. The average molecular weight is 707 g/mol. The SMILES string of the molecule is CC1=C(/C=C/C(C)=C/C=C/C(C)=C/c2cc(/C=C/C=C(C)/C=C/C3=C(C)CCCC3(C)C)cc[n+]2CCO)C(C)(C)CCC1.O=C(O)C(F)(F)F. The summed E-state index contributed by atoms with van der Waals surface area (Å²) < 4.78 is 33.8. The van der Waals surface area contributed by atoms with Crippen molar-refractivity contribution in [3.8, 4) is 0 Å². The molecule has 0 radical (unpaired) electrons. The number of aliphatic hydroxyl groups is 1. The molecule has 2 aliphatic carbocycles. The monoisotopic (exact) mass is 706 g/mol. The molecule has 0 atom stereocenters. The smallest absolute Gasteiger partial charge is 0.475 e. The van der Waals surface area contributed by atoms with Crippen LogP contribution < -0.4 is 4.57 Å². The van der Waals surface area contributed by atoms with Crippen LogP contribution in [0.25, 0.3) is 12.2 Å². The van der Waals surface area contributed by atoms with Crippen molar-refractivity contribution in [1.82, 2.24) is 0 Å². The van der Waals surface area contributed by atoms with E-state index in [1.54, 1.807) is 0 Å². The van der Waals surface area contributed by atoms with Gasteiger partial charge < -0.3 is 10.2 Å². The Morgan fingerprint density at radius 2 is 1.31 bits per heavy atom. The van der Waals surface area contributed by atoms with Crippen molar-refractivity contribution in [3.63, 3.8) is 0 Å². The highest BCUT2D eigenvalue weighted by molar-refractivity contribution is 5.73. The fourth-order valence-electron chi connectivity index (χ4n) is 6.61. The summed E-state index contributed by atoms with van der Waals surface area (Å²) in [5.41, 5.74) is 12.4. The first-order valence-electron chi connectivity index (χ1n) is 17.9. The third-order valence-corrected chi connectivity index (χ3v) is 9.53. The molecule has 3 rings (SSSR count). The zero-order valence-electron chi connectivity index (χ0n) is 32.1. The molecule has 278 valence electrons. The number of aliphatic hydroxyl groups excluding tert-OH is 1. The minimum Gasteiger partial charge on any atom is -0.475 e. The second kappa shape index (κ2) is 19.6. The number of hydrogen-bond donors (Lipinski definition) is 2. The van der Waals surface area contributed by atoms with Gasteiger partial charge in [0, 0.05) is 18.2 Å². The summed E-state index contributed by atoms with van der Waals surface area (Å²) in [7, 11) is 0. The van der Waals surface area contributed by atoms with Crippen LogP contribution in [0, 0.1) is 10.8 Å². The van der Waals surface area contributed by atoms with Gasteiger partial charge in [-0.15, -0.1) is 0 Å². The lowest BCUT2D eigenvalue weighted by Gasteiger charge is -2.33. The summed E-state index contributed by atoms with van der Waals surface area (Å²) in [6, 6.07) is 4.29. The number of pyridine rings is 1. The van der Waals surface area contributed by atoms with Crippen LogP contribution in [0.15, 0.2) is 112 Å². The molecule has 7 heteroatoms. The van der Waals surface area contributed by atoms with Gasteiger partial charge >= 0.3 is 12.1 Å². The standard InChI is InChI=1S/C42H58NO.C2HF3O2/c1-32(20-22-39-35(4)17-12-25-41(39,6)7)14-10-16-34(3)30-38-31-37(24-27-43(38)28-29-44)19-11-15-33(2)21-23-40-36(5)18-13-26-42(40,8)9;3-2(4,5)1(6)7/h10-11,14-16,19-24,27,30-31,44H,12-13,17-18,25-26,28-29H2,1-9H3;(H,6,7)/q+1;/b16-10+,19-11+,22-20+,23-21+,32-14+,33-15+,34-30+;. The summed E-state index contributed by atoms with van der Waals surface area (Å²) in [6.07, 6.45) is 28.8. The number of allylic oxidation sites excluding steroid dienone is 16. The largest absolute Gasteiger partial charge is 0.490 e. The van der Waals surface area contributed by atoms with Gasteiger partial charge in [-0.3, -0.25) is 0 Å². The fraction of sp³-hybridized carbons (Fsp3) is 0.455. The molecule has 1 aromatic rings. The number of aromatic nitrogens is 1. The van der Waals surface area contributed by atoms with Gasteiger partial charge in [0.25, 0.3) is 0 Å². The van der Waals surface area contributed by atoms with Crippen LogP contribution in [-0.2, 0) is 11.3 Å². The van der Waals surface area contributed by atoms with Gasteiger partial charge in [-0.1, -0.05) is 111 Å². The van der Waals surface area contributed by atoms with Crippen LogP contribution in [0.1, 0.15) is 112 Å². The molecule has 0 aliphatic heterocycles. The van der Waals surface area contributed by atoms with Crippen molar-refractivity contribution in [2.45, 2.75) is 114 Å². The third-order valence-electron chi connectivity index (χ3n) is 9.53. The van der Waals surface area contributed by atoms with E-state index in [0.29, 0.717) is 6.54 Å². The van der Waals surface area contributed by atoms with E-state index in [-0.39, 0.29) is 17.4 Å². The highest BCUT2D eigenvalue weighted by Crippen LogP contribution is 2.41. The van der Waals surface area contributed by atoms with E-state index >= 15 is 0 Å². The van der Waals surface area contributed by atoms with E-state index < -0.39 is 12.1 Å². The number of carboxylic acid groups (broad SMARTS) is 1. The molecule has 0 saturated carbocycles. The quantitative estimate of drug-likeness (QED) is 0.178. The number of aliphatic carboxylic acids is 1. The zero-order valence-corrected chi connectivity index (χ0v) is 32.1. The first-order valence-corrected chi connectivity index (χ1v) is 17.9. The van der Waals surface area contributed by atoms with E-state index in [2.05, 4.69) is 152 Å². The van der Waals surface area contributed by atoms with Crippen LogP contribution in [-0.4, -0.2) is 29.0 Å². The summed E-state index contributed by atoms with van der Waals surface area (Å²) in [5.74, 6) is -2.76. The Hall–Kier alpha value is -3.97. The molecule has 2 N–H and O–H groups in total. The van der Waals surface area contributed by atoms with Gasteiger partial charge in [-0.25, -0.2) is 4.79 Å². The number of carbonyl (C=O) groups is 1. The maximum absolute atomic E-state index is 10.6. The summed E-state index contributed by atoms with van der Waals surface area (Å²) >= 11 is 0. The van der Waals surface area contributed by atoms with Crippen molar-refractivity contribution in [2.24, 2.45) is 10.8 Å². The minimum atomic E-state index is -5.08. The van der Waals surface area contributed by atoms with E-state index in [1.165, 1.54) is 72.0 Å². The van der Waals surface area contributed by atoms with E-state index in [4.69, 9.17) is 9.90 Å². The Bertz CT molecular complexity index is 1650. The third kappa shape index (κ3) is 14.7. The molecule has 4 nitrogen and oxygen atoms in total. The molecule has 0 spiro atoms.